The third-order valence-corrected chi connectivity index (χ3v) is 2.25. The Balaban J connectivity index is 2.48. The molecule has 2 N–H and O–H groups in total. The fraction of sp³-hybridized carbons (Fsp3) is 0.667. The summed E-state index contributed by atoms with van der Waals surface area (Å²) >= 11 is 0. The van der Waals surface area contributed by atoms with Crippen LogP contribution in [0.2, 0.25) is 0 Å². The van der Waals surface area contributed by atoms with Gasteiger partial charge in [-0.1, -0.05) is 0 Å². The lowest BCUT2D eigenvalue weighted by Crippen LogP contribution is -2.54. The van der Waals surface area contributed by atoms with Crippen molar-refractivity contribution < 1.29 is 19.1 Å². The van der Waals surface area contributed by atoms with Crippen LogP contribution in [-0.4, -0.2) is 37.0 Å². The van der Waals surface area contributed by atoms with E-state index >= 15 is 0 Å². The van der Waals surface area contributed by atoms with Crippen LogP contribution in [0.25, 0.3) is 0 Å². The summed E-state index contributed by atoms with van der Waals surface area (Å²) in [4.78, 5) is 33.2. The number of hydrogen-bond donors (Lipinski definition) is 2. The summed E-state index contributed by atoms with van der Waals surface area (Å²) in [5, 5.41) is 5.00. The number of imide groups is 1. The zero-order valence-corrected chi connectivity index (χ0v) is 8.70. The van der Waals surface area contributed by atoms with E-state index in [1.807, 2.05) is 0 Å². The maximum absolute atomic E-state index is 11.3. The van der Waals surface area contributed by atoms with Gasteiger partial charge in [-0.2, -0.15) is 0 Å². The third kappa shape index (κ3) is 3.02. The number of carbonyl (C=O) groups excluding carboxylic acids is 3. The number of esters is 1. The lowest BCUT2D eigenvalue weighted by atomic mass is 10.1. The van der Waals surface area contributed by atoms with Gasteiger partial charge in [0.1, 0.15) is 6.04 Å². The van der Waals surface area contributed by atoms with Gasteiger partial charge in [-0.05, 0) is 13.3 Å². The van der Waals surface area contributed by atoms with Crippen molar-refractivity contribution in [3.8, 4) is 0 Å². The molecule has 84 valence electrons. The molecule has 2 unspecified atom stereocenters. The summed E-state index contributed by atoms with van der Waals surface area (Å²) in [5.74, 6) is -1.09. The topological polar surface area (TPSA) is 84.5 Å². The van der Waals surface area contributed by atoms with E-state index in [9.17, 15) is 14.4 Å². The Morgan fingerprint density at radius 3 is 2.80 bits per heavy atom. The van der Waals surface area contributed by atoms with Crippen molar-refractivity contribution in [2.45, 2.75) is 31.8 Å². The lowest BCUT2D eigenvalue weighted by Gasteiger charge is -2.24. The smallest absolute Gasteiger partial charge is 0.322 e. The van der Waals surface area contributed by atoms with Gasteiger partial charge in [0.25, 0.3) is 0 Å². The van der Waals surface area contributed by atoms with Crippen molar-refractivity contribution in [1.29, 1.82) is 0 Å². The molecular formula is C9H14N2O4. The van der Waals surface area contributed by atoms with Crippen LogP contribution >= 0.6 is 0 Å². The summed E-state index contributed by atoms with van der Waals surface area (Å²) in [6.45, 7) is 1.61. The van der Waals surface area contributed by atoms with Gasteiger partial charge in [0.15, 0.2) is 0 Å². The lowest BCUT2D eigenvalue weighted by molar-refractivity contribution is -0.143. The molecule has 6 heteroatoms. The Labute approximate surface area is 87.4 Å². The molecule has 0 radical (unpaired) electrons. The second kappa shape index (κ2) is 4.88. The number of carbonyl (C=O) groups is 3. The second-order valence-electron chi connectivity index (χ2n) is 3.42. The number of ether oxygens (including phenoxy) is 1. The van der Waals surface area contributed by atoms with Crippen LogP contribution in [0, 0.1) is 0 Å². The van der Waals surface area contributed by atoms with E-state index in [4.69, 9.17) is 0 Å². The molecule has 0 aromatic rings. The fourth-order valence-corrected chi connectivity index (χ4v) is 1.40. The molecule has 1 aliphatic heterocycles. The van der Waals surface area contributed by atoms with Crippen molar-refractivity contribution in [3.05, 3.63) is 0 Å². The van der Waals surface area contributed by atoms with E-state index in [0.29, 0.717) is 6.42 Å². The van der Waals surface area contributed by atoms with Gasteiger partial charge < -0.3 is 4.74 Å². The van der Waals surface area contributed by atoms with E-state index in [0.717, 1.165) is 0 Å². The highest BCUT2D eigenvalue weighted by Crippen LogP contribution is 2.05. The van der Waals surface area contributed by atoms with E-state index in [2.05, 4.69) is 15.4 Å². The summed E-state index contributed by atoms with van der Waals surface area (Å²) in [6.07, 6.45) is 0.698. The SMILES string of the molecule is COC(=O)C(C)NC1CCC(=O)NC1=O. The average Bonchev–Trinajstić information content (AvgIpc) is 2.20. The molecule has 1 heterocycles. The maximum Gasteiger partial charge on any atom is 0.322 e. The van der Waals surface area contributed by atoms with Gasteiger partial charge >= 0.3 is 5.97 Å². The van der Waals surface area contributed by atoms with E-state index in [1.54, 1.807) is 6.92 Å². The largest absolute Gasteiger partial charge is 0.468 e. The van der Waals surface area contributed by atoms with Crippen molar-refractivity contribution in [2.24, 2.45) is 0 Å². The maximum atomic E-state index is 11.3. The Morgan fingerprint density at radius 2 is 2.27 bits per heavy atom. The Morgan fingerprint density at radius 1 is 1.60 bits per heavy atom. The molecule has 0 saturated carbocycles. The van der Waals surface area contributed by atoms with Gasteiger partial charge in [0, 0.05) is 6.42 Å². The van der Waals surface area contributed by atoms with E-state index in [1.165, 1.54) is 7.11 Å². The summed E-state index contributed by atoms with van der Waals surface area (Å²) in [7, 11) is 1.28. The monoisotopic (exact) mass is 214 g/mol. The highest BCUT2D eigenvalue weighted by molar-refractivity contribution is 6.00. The van der Waals surface area contributed by atoms with Crippen LogP contribution in [0.3, 0.4) is 0 Å². The minimum atomic E-state index is -0.557. The Kier molecular flexibility index (Phi) is 3.79. The van der Waals surface area contributed by atoms with Gasteiger partial charge in [0.05, 0.1) is 13.2 Å². The molecule has 1 rings (SSSR count). The van der Waals surface area contributed by atoms with E-state index in [-0.39, 0.29) is 18.2 Å². The molecule has 2 amide bonds. The zero-order valence-electron chi connectivity index (χ0n) is 8.70. The molecule has 2 atom stereocenters. The minimum absolute atomic E-state index is 0.274. The van der Waals surface area contributed by atoms with Crippen molar-refractivity contribution >= 4 is 17.8 Å². The van der Waals surface area contributed by atoms with E-state index < -0.39 is 18.1 Å². The quantitative estimate of drug-likeness (QED) is 0.462. The highest BCUT2D eigenvalue weighted by atomic mass is 16.5. The first kappa shape index (κ1) is 11.6. The molecule has 0 bridgehead atoms. The van der Waals surface area contributed by atoms with Crippen molar-refractivity contribution in [2.75, 3.05) is 7.11 Å². The summed E-state index contributed by atoms with van der Waals surface area (Å²) in [6, 6.07) is -1.06. The van der Waals surface area contributed by atoms with Crippen LogP contribution < -0.4 is 10.6 Å². The Hall–Kier alpha value is -1.43. The van der Waals surface area contributed by atoms with Gasteiger partial charge in [-0.3, -0.25) is 25.0 Å². The Bertz CT molecular complexity index is 290. The normalized spacial score (nSPS) is 23.2. The molecule has 0 aliphatic carbocycles. The first-order chi connectivity index (χ1) is 7.04. The number of rotatable bonds is 3. The molecular weight excluding hydrogens is 200 g/mol. The highest BCUT2D eigenvalue weighted by Gasteiger charge is 2.29. The molecule has 15 heavy (non-hydrogen) atoms. The van der Waals surface area contributed by atoms with Crippen LogP contribution in [-0.2, 0) is 19.1 Å². The molecule has 1 aliphatic rings. The number of amides is 2. The van der Waals surface area contributed by atoms with Crippen molar-refractivity contribution in [1.82, 2.24) is 10.6 Å². The number of methoxy groups -OCH3 is 1. The van der Waals surface area contributed by atoms with Gasteiger partial charge in [-0.15, -0.1) is 0 Å². The molecule has 1 saturated heterocycles. The molecule has 6 nitrogen and oxygen atoms in total. The first-order valence-electron chi connectivity index (χ1n) is 4.72. The molecule has 0 aromatic carbocycles. The second-order valence-corrected chi connectivity index (χ2v) is 3.42. The van der Waals surface area contributed by atoms with Crippen LogP contribution in [0.5, 0.6) is 0 Å². The van der Waals surface area contributed by atoms with Crippen LogP contribution in [0.1, 0.15) is 19.8 Å². The minimum Gasteiger partial charge on any atom is -0.468 e. The third-order valence-electron chi connectivity index (χ3n) is 2.25. The zero-order chi connectivity index (χ0) is 11.4. The van der Waals surface area contributed by atoms with Crippen LogP contribution in [0.15, 0.2) is 0 Å². The fourth-order valence-electron chi connectivity index (χ4n) is 1.40. The predicted molar refractivity (Wildman–Crippen MR) is 50.8 cm³/mol. The molecule has 0 aromatic heterocycles. The molecule has 0 spiro atoms. The number of nitrogens with one attached hydrogen (secondary N) is 2. The van der Waals surface area contributed by atoms with Crippen LogP contribution in [0.4, 0.5) is 0 Å². The predicted octanol–water partition coefficient (Wildman–Crippen LogP) is -1.06. The molecule has 1 fully saturated rings. The van der Waals surface area contributed by atoms with Crippen molar-refractivity contribution in [3.63, 3.8) is 0 Å². The summed E-state index contributed by atoms with van der Waals surface area (Å²) in [5.41, 5.74) is 0. The first-order valence-corrected chi connectivity index (χ1v) is 4.72. The number of piperidine rings is 1. The summed E-state index contributed by atoms with van der Waals surface area (Å²) < 4.78 is 4.51. The van der Waals surface area contributed by atoms with Gasteiger partial charge in [0.2, 0.25) is 11.8 Å². The van der Waals surface area contributed by atoms with Gasteiger partial charge in [-0.25, -0.2) is 0 Å². The number of hydrogen-bond acceptors (Lipinski definition) is 5. The standard InChI is InChI=1S/C9H14N2O4/c1-5(9(14)15-2)10-6-3-4-7(12)11-8(6)13/h5-6,10H,3-4H2,1-2H3,(H,11,12,13). The average molecular weight is 214 g/mol.